The minimum Gasteiger partial charge on any atom is -0.462 e. The summed E-state index contributed by atoms with van der Waals surface area (Å²) >= 11 is 5.76. The molecule has 0 radical (unpaired) electrons. The van der Waals surface area contributed by atoms with E-state index in [-0.39, 0.29) is 5.15 Å². The average molecular weight is 226 g/mol. The van der Waals surface area contributed by atoms with Crippen LogP contribution >= 0.6 is 11.6 Å². The maximum Gasteiger partial charge on any atom is 0.339 e. The van der Waals surface area contributed by atoms with Crippen molar-refractivity contribution in [1.29, 1.82) is 0 Å². The topological polar surface area (TPSA) is 67.9 Å². The van der Waals surface area contributed by atoms with E-state index in [2.05, 4.69) is 15.2 Å². The zero-order valence-corrected chi connectivity index (χ0v) is 8.71. The molecule has 15 heavy (non-hydrogen) atoms. The average Bonchev–Trinajstić information content (AvgIpc) is 2.64. The van der Waals surface area contributed by atoms with E-state index in [0.717, 1.165) is 0 Å². The number of carbonyl (C=O) groups excluding carboxylic acids is 1. The summed E-state index contributed by atoms with van der Waals surface area (Å²) in [5.41, 5.74) is 0.853. The Morgan fingerprint density at radius 3 is 3.20 bits per heavy atom. The number of carbonyl (C=O) groups is 1. The fourth-order valence-electron chi connectivity index (χ4n) is 1.28. The van der Waals surface area contributed by atoms with E-state index in [9.17, 15) is 4.79 Å². The lowest BCUT2D eigenvalue weighted by Gasteiger charge is -2.02. The van der Waals surface area contributed by atoms with Crippen LogP contribution in [0.2, 0.25) is 5.15 Å². The van der Waals surface area contributed by atoms with E-state index in [1.807, 2.05) is 0 Å². The van der Waals surface area contributed by atoms with Crippen LogP contribution in [0, 0.1) is 0 Å². The number of nitrogens with one attached hydrogen (secondary N) is 1. The first-order valence-corrected chi connectivity index (χ1v) is 4.77. The molecule has 0 aliphatic rings. The van der Waals surface area contributed by atoms with Crippen molar-refractivity contribution in [1.82, 2.24) is 15.2 Å². The molecule has 0 aromatic carbocycles. The maximum absolute atomic E-state index is 11.6. The van der Waals surface area contributed by atoms with Crippen LogP contribution < -0.4 is 0 Å². The molecule has 0 amide bonds. The van der Waals surface area contributed by atoms with Crippen LogP contribution in [-0.2, 0) is 4.74 Å². The molecule has 78 valence electrons. The number of H-pyrrole nitrogens is 1. The number of esters is 1. The fraction of sp³-hybridized carbons (Fsp3) is 0.222. The molecule has 0 unspecified atom stereocenters. The molecule has 6 heteroatoms. The summed E-state index contributed by atoms with van der Waals surface area (Å²) in [6, 6.07) is 1.47. The van der Waals surface area contributed by atoms with Crippen LogP contribution in [0.1, 0.15) is 17.3 Å². The molecule has 0 aliphatic carbocycles. The van der Waals surface area contributed by atoms with Crippen molar-refractivity contribution in [3.8, 4) is 0 Å². The first-order valence-electron chi connectivity index (χ1n) is 4.39. The Morgan fingerprint density at radius 1 is 1.67 bits per heavy atom. The zero-order valence-electron chi connectivity index (χ0n) is 7.95. The van der Waals surface area contributed by atoms with E-state index >= 15 is 0 Å². The standard InChI is InChI=1S/C9H8ClN3O2/c1-2-15-9(14)5-3-7(10)12-8-6(5)4-11-13-8/h3-4H,2H2,1H3,(H,11,12,13). The SMILES string of the molecule is CCOC(=O)c1cc(Cl)nc2[nH]ncc12. The molecule has 2 aromatic heterocycles. The van der Waals surface area contributed by atoms with Crippen molar-refractivity contribution in [2.24, 2.45) is 0 Å². The molecule has 2 aromatic rings. The van der Waals surface area contributed by atoms with E-state index < -0.39 is 5.97 Å². The largest absolute Gasteiger partial charge is 0.462 e. The lowest BCUT2D eigenvalue weighted by atomic mass is 10.2. The Morgan fingerprint density at radius 2 is 2.47 bits per heavy atom. The van der Waals surface area contributed by atoms with E-state index in [4.69, 9.17) is 16.3 Å². The Hall–Kier alpha value is -1.62. The number of hydrogen-bond donors (Lipinski definition) is 1. The quantitative estimate of drug-likeness (QED) is 0.625. The highest BCUT2D eigenvalue weighted by Gasteiger charge is 2.14. The second kappa shape index (κ2) is 3.86. The Balaban J connectivity index is 2.57. The third kappa shape index (κ3) is 1.78. The molecule has 0 aliphatic heterocycles. The van der Waals surface area contributed by atoms with Gasteiger partial charge < -0.3 is 4.74 Å². The van der Waals surface area contributed by atoms with Gasteiger partial charge in [0.25, 0.3) is 0 Å². The van der Waals surface area contributed by atoms with Crippen molar-refractivity contribution >= 4 is 28.6 Å². The minimum absolute atomic E-state index is 0.231. The number of fused-ring (bicyclic) bond motifs is 1. The highest BCUT2D eigenvalue weighted by Crippen LogP contribution is 2.19. The Bertz CT molecular complexity index is 509. The highest BCUT2D eigenvalue weighted by atomic mass is 35.5. The van der Waals surface area contributed by atoms with Crippen LogP contribution in [0.4, 0.5) is 0 Å². The van der Waals surface area contributed by atoms with E-state index in [1.54, 1.807) is 6.92 Å². The van der Waals surface area contributed by atoms with Crippen molar-refractivity contribution in [2.75, 3.05) is 6.61 Å². The fourth-order valence-corrected chi connectivity index (χ4v) is 1.47. The summed E-state index contributed by atoms with van der Waals surface area (Å²) in [7, 11) is 0. The molecule has 0 spiro atoms. The van der Waals surface area contributed by atoms with Gasteiger partial charge in [-0.1, -0.05) is 11.6 Å². The van der Waals surface area contributed by atoms with Gasteiger partial charge in [-0.15, -0.1) is 0 Å². The smallest absolute Gasteiger partial charge is 0.339 e. The molecule has 2 heterocycles. The van der Waals surface area contributed by atoms with Crippen molar-refractivity contribution in [3.63, 3.8) is 0 Å². The third-order valence-corrected chi connectivity index (χ3v) is 2.08. The number of ether oxygens (including phenoxy) is 1. The van der Waals surface area contributed by atoms with Gasteiger partial charge in [-0.3, -0.25) is 5.10 Å². The molecule has 2 rings (SSSR count). The monoisotopic (exact) mass is 225 g/mol. The molecular formula is C9H8ClN3O2. The van der Waals surface area contributed by atoms with Gasteiger partial charge in [-0.05, 0) is 13.0 Å². The van der Waals surface area contributed by atoms with Crippen LogP contribution in [0.3, 0.4) is 0 Å². The summed E-state index contributed by atoms with van der Waals surface area (Å²) in [6.07, 6.45) is 1.52. The van der Waals surface area contributed by atoms with Gasteiger partial charge >= 0.3 is 5.97 Å². The Kier molecular flexibility index (Phi) is 2.55. The number of hydrogen-bond acceptors (Lipinski definition) is 4. The number of aromatic nitrogens is 3. The molecule has 0 saturated heterocycles. The predicted octanol–water partition coefficient (Wildman–Crippen LogP) is 1.79. The zero-order chi connectivity index (χ0) is 10.8. The summed E-state index contributed by atoms with van der Waals surface area (Å²) in [5, 5.41) is 7.28. The molecule has 1 N–H and O–H groups in total. The summed E-state index contributed by atoms with van der Waals surface area (Å²) in [4.78, 5) is 15.5. The second-order valence-corrected chi connectivity index (χ2v) is 3.23. The molecule has 0 atom stereocenters. The summed E-state index contributed by atoms with van der Waals surface area (Å²) < 4.78 is 4.89. The number of pyridine rings is 1. The summed E-state index contributed by atoms with van der Waals surface area (Å²) in [5.74, 6) is -0.423. The molecule has 0 fully saturated rings. The number of aromatic amines is 1. The van der Waals surface area contributed by atoms with Crippen molar-refractivity contribution < 1.29 is 9.53 Å². The third-order valence-electron chi connectivity index (χ3n) is 1.89. The van der Waals surface area contributed by atoms with Crippen LogP contribution in [0.15, 0.2) is 12.3 Å². The molecule has 0 saturated carbocycles. The molecule has 5 nitrogen and oxygen atoms in total. The van der Waals surface area contributed by atoms with Crippen LogP contribution in [-0.4, -0.2) is 27.8 Å². The number of halogens is 1. The lowest BCUT2D eigenvalue weighted by Crippen LogP contribution is -2.05. The normalized spacial score (nSPS) is 10.5. The van der Waals surface area contributed by atoms with Crippen molar-refractivity contribution in [3.05, 3.63) is 23.0 Å². The van der Waals surface area contributed by atoms with Gasteiger partial charge in [0, 0.05) is 0 Å². The van der Waals surface area contributed by atoms with Crippen LogP contribution in [0.5, 0.6) is 0 Å². The molecular weight excluding hydrogens is 218 g/mol. The van der Waals surface area contributed by atoms with Gasteiger partial charge in [0.1, 0.15) is 5.15 Å². The van der Waals surface area contributed by atoms with Gasteiger partial charge in [0.05, 0.1) is 23.8 Å². The van der Waals surface area contributed by atoms with Gasteiger partial charge in [-0.2, -0.15) is 5.10 Å². The lowest BCUT2D eigenvalue weighted by molar-refractivity contribution is 0.0528. The van der Waals surface area contributed by atoms with Gasteiger partial charge in [-0.25, -0.2) is 9.78 Å². The van der Waals surface area contributed by atoms with Crippen molar-refractivity contribution in [2.45, 2.75) is 6.92 Å². The number of rotatable bonds is 2. The highest BCUT2D eigenvalue weighted by molar-refractivity contribution is 6.30. The molecule has 0 bridgehead atoms. The van der Waals surface area contributed by atoms with Gasteiger partial charge in [0.2, 0.25) is 0 Å². The number of nitrogens with zero attached hydrogens (tertiary/aromatic N) is 2. The maximum atomic E-state index is 11.6. The predicted molar refractivity (Wildman–Crippen MR) is 54.9 cm³/mol. The first-order chi connectivity index (χ1) is 7.22. The van der Waals surface area contributed by atoms with E-state index in [1.165, 1.54) is 12.3 Å². The minimum atomic E-state index is -0.423. The van der Waals surface area contributed by atoms with E-state index in [0.29, 0.717) is 23.2 Å². The summed E-state index contributed by atoms with van der Waals surface area (Å²) in [6.45, 7) is 2.06. The second-order valence-electron chi connectivity index (χ2n) is 2.85. The van der Waals surface area contributed by atoms with Gasteiger partial charge in [0.15, 0.2) is 5.65 Å². The first kappa shape index (κ1) is 9.92. The van der Waals surface area contributed by atoms with Crippen LogP contribution in [0.25, 0.3) is 11.0 Å². The Labute approximate surface area is 90.4 Å².